The Hall–Kier alpha value is -2.20. The summed E-state index contributed by atoms with van der Waals surface area (Å²) in [5, 5.41) is 12.8. The summed E-state index contributed by atoms with van der Waals surface area (Å²) < 4.78 is 0. The summed E-state index contributed by atoms with van der Waals surface area (Å²) in [6.07, 6.45) is 6.90. The zero-order valence-electron chi connectivity index (χ0n) is 12.5. The van der Waals surface area contributed by atoms with Gasteiger partial charge in [-0.05, 0) is 30.5 Å². The van der Waals surface area contributed by atoms with Crippen molar-refractivity contribution in [3.8, 4) is 11.1 Å². The minimum absolute atomic E-state index is 0.307. The van der Waals surface area contributed by atoms with E-state index in [9.17, 15) is 9.90 Å². The molecular formula is C18H20N2O2. The van der Waals surface area contributed by atoms with Crippen LogP contribution in [-0.4, -0.2) is 22.1 Å². The quantitative estimate of drug-likeness (QED) is 0.886. The molecule has 1 aliphatic carbocycles. The van der Waals surface area contributed by atoms with E-state index in [0.717, 1.165) is 17.8 Å². The van der Waals surface area contributed by atoms with Crippen molar-refractivity contribution >= 4 is 5.97 Å². The monoisotopic (exact) mass is 296 g/mol. The molecule has 4 heteroatoms. The first-order chi connectivity index (χ1) is 10.7. The largest absolute Gasteiger partial charge is 0.478 e. The molecule has 0 spiro atoms. The van der Waals surface area contributed by atoms with Gasteiger partial charge in [0.25, 0.3) is 0 Å². The van der Waals surface area contributed by atoms with Crippen LogP contribution in [0, 0.1) is 0 Å². The van der Waals surface area contributed by atoms with Crippen molar-refractivity contribution in [2.75, 3.05) is 0 Å². The van der Waals surface area contributed by atoms with Crippen molar-refractivity contribution in [2.24, 2.45) is 0 Å². The van der Waals surface area contributed by atoms with Crippen molar-refractivity contribution in [1.82, 2.24) is 10.3 Å². The molecule has 0 aliphatic heterocycles. The van der Waals surface area contributed by atoms with Crippen molar-refractivity contribution in [1.29, 1.82) is 0 Å². The van der Waals surface area contributed by atoms with Crippen LogP contribution >= 0.6 is 0 Å². The second-order valence-corrected chi connectivity index (χ2v) is 5.75. The van der Waals surface area contributed by atoms with E-state index in [1.807, 2.05) is 24.3 Å². The van der Waals surface area contributed by atoms with Gasteiger partial charge < -0.3 is 10.4 Å². The van der Waals surface area contributed by atoms with Gasteiger partial charge in [0.1, 0.15) is 0 Å². The van der Waals surface area contributed by atoms with Gasteiger partial charge in [-0.2, -0.15) is 0 Å². The number of hydrogen-bond acceptors (Lipinski definition) is 3. The first-order valence-corrected chi connectivity index (χ1v) is 7.75. The summed E-state index contributed by atoms with van der Waals surface area (Å²) in [5.41, 5.74) is 2.84. The maximum atomic E-state index is 11.3. The van der Waals surface area contributed by atoms with Crippen molar-refractivity contribution < 1.29 is 9.90 Å². The van der Waals surface area contributed by atoms with Crippen LogP contribution in [0.4, 0.5) is 0 Å². The molecule has 0 amide bonds. The van der Waals surface area contributed by atoms with Gasteiger partial charge in [-0.1, -0.05) is 37.1 Å². The Bertz CT molecular complexity index is 646. The van der Waals surface area contributed by atoms with Gasteiger partial charge >= 0.3 is 5.97 Å². The molecule has 0 radical (unpaired) electrons. The summed E-state index contributed by atoms with van der Waals surface area (Å²) in [4.78, 5) is 15.7. The van der Waals surface area contributed by atoms with Gasteiger partial charge in [0.2, 0.25) is 0 Å². The Labute approximate surface area is 130 Å². The molecule has 4 nitrogen and oxygen atoms in total. The molecule has 0 atom stereocenters. The number of rotatable bonds is 5. The van der Waals surface area contributed by atoms with Gasteiger partial charge in [-0.15, -0.1) is 0 Å². The average Bonchev–Trinajstić information content (AvgIpc) is 3.07. The Morgan fingerprint density at radius 2 is 1.95 bits per heavy atom. The first kappa shape index (κ1) is 14.7. The number of carboxylic acids is 1. The molecule has 0 saturated heterocycles. The van der Waals surface area contributed by atoms with E-state index < -0.39 is 5.97 Å². The van der Waals surface area contributed by atoms with Crippen molar-refractivity contribution in [2.45, 2.75) is 38.3 Å². The molecule has 22 heavy (non-hydrogen) atoms. The number of nitrogens with zero attached hydrogens (tertiary/aromatic N) is 1. The van der Waals surface area contributed by atoms with E-state index in [0.29, 0.717) is 17.2 Å². The minimum Gasteiger partial charge on any atom is -0.478 e. The average molecular weight is 296 g/mol. The van der Waals surface area contributed by atoms with Crippen LogP contribution in [-0.2, 0) is 6.54 Å². The summed E-state index contributed by atoms with van der Waals surface area (Å²) >= 11 is 0. The maximum Gasteiger partial charge on any atom is 0.336 e. The highest BCUT2D eigenvalue weighted by molar-refractivity contribution is 5.95. The van der Waals surface area contributed by atoms with Gasteiger partial charge in [0.15, 0.2) is 0 Å². The predicted octanol–water partition coefficient (Wildman–Crippen LogP) is 3.48. The van der Waals surface area contributed by atoms with Gasteiger partial charge in [-0.3, -0.25) is 4.98 Å². The third-order valence-corrected chi connectivity index (χ3v) is 4.22. The number of carboxylic acid groups (broad SMARTS) is 1. The molecule has 3 rings (SSSR count). The van der Waals surface area contributed by atoms with Crippen molar-refractivity contribution in [3.05, 3.63) is 53.9 Å². The standard InChI is InChI=1S/C18H20N2O2/c21-18(22)17-8-4-3-7-16(17)13-9-10-15(19-11-13)12-20-14-5-1-2-6-14/h3-4,7-11,14,20H,1-2,5-6,12H2,(H,21,22). The lowest BCUT2D eigenvalue weighted by Gasteiger charge is -2.11. The molecule has 1 fully saturated rings. The molecule has 114 valence electrons. The van der Waals surface area contributed by atoms with E-state index in [-0.39, 0.29) is 0 Å². The second kappa shape index (κ2) is 6.71. The summed E-state index contributed by atoms with van der Waals surface area (Å²) in [5.74, 6) is -0.914. The topological polar surface area (TPSA) is 62.2 Å². The molecule has 1 saturated carbocycles. The van der Waals surface area contributed by atoms with E-state index >= 15 is 0 Å². The highest BCUT2D eigenvalue weighted by atomic mass is 16.4. The zero-order chi connectivity index (χ0) is 15.4. The van der Waals surface area contributed by atoms with Gasteiger partial charge in [0.05, 0.1) is 11.3 Å². The highest BCUT2D eigenvalue weighted by Crippen LogP contribution is 2.23. The fraction of sp³-hybridized carbons (Fsp3) is 0.333. The molecule has 1 aromatic carbocycles. The lowest BCUT2D eigenvalue weighted by molar-refractivity contribution is 0.0697. The van der Waals surface area contributed by atoms with Crippen molar-refractivity contribution in [3.63, 3.8) is 0 Å². The van der Waals surface area contributed by atoms with Crippen LogP contribution < -0.4 is 5.32 Å². The maximum absolute atomic E-state index is 11.3. The molecule has 2 N–H and O–H groups in total. The van der Waals surface area contributed by atoms with Gasteiger partial charge in [-0.25, -0.2) is 4.79 Å². The van der Waals surface area contributed by atoms with Crippen LogP contribution in [0.2, 0.25) is 0 Å². The number of carbonyl (C=O) groups is 1. The third kappa shape index (κ3) is 3.34. The highest BCUT2D eigenvalue weighted by Gasteiger charge is 2.14. The number of aromatic nitrogens is 1. The minimum atomic E-state index is -0.914. The lowest BCUT2D eigenvalue weighted by atomic mass is 10.0. The molecular weight excluding hydrogens is 276 g/mol. The molecule has 1 aromatic heterocycles. The number of nitrogens with one attached hydrogen (secondary N) is 1. The molecule has 0 unspecified atom stereocenters. The fourth-order valence-electron chi connectivity index (χ4n) is 2.99. The number of hydrogen-bond donors (Lipinski definition) is 2. The normalized spacial score (nSPS) is 15.1. The van der Waals surface area contributed by atoms with Crippen LogP contribution in [0.15, 0.2) is 42.6 Å². The van der Waals surface area contributed by atoms with E-state index in [1.54, 1.807) is 18.3 Å². The number of aromatic carboxylic acids is 1. The third-order valence-electron chi connectivity index (χ3n) is 4.22. The molecule has 1 aliphatic rings. The fourth-order valence-corrected chi connectivity index (χ4v) is 2.99. The number of benzene rings is 1. The molecule has 1 heterocycles. The van der Waals surface area contributed by atoms with Gasteiger partial charge in [0, 0.05) is 24.3 Å². The summed E-state index contributed by atoms with van der Waals surface area (Å²) in [6.45, 7) is 0.769. The summed E-state index contributed by atoms with van der Waals surface area (Å²) in [6, 6.07) is 11.5. The van der Waals surface area contributed by atoms with Crippen LogP contribution in [0.3, 0.4) is 0 Å². The Morgan fingerprint density at radius 1 is 1.18 bits per heavy atom. The summed E-state index contributed by atoms with van der Waals surface area (Å²) in [7, 11) is 0. The second-order valence-electron chi connectivity index (χ2n) is 5.75. The van der Waals surface area contributed by atoms with E-state index in [2.05, 4.69) is 10.3 Å². The van der Waals surface area contributed by atoms with Crippen LogP contribution in [0.25, 0.3) is 11.1 Å². The molecule has 0 bridgehead atoms. The first-order valence-electron chi connectivity index (χ1n) is 7.75. The van der Waals surface area contributed by atoms with Crippen LogP contribution in [0.1, 0.15) is 41.7 Å². The predicted molar refractivity (Wildman–Crippen MR) is 85.7 cm³/mol. The Kier molecular flexibility index (Phi) is 4.49. The number of pyridine rings is 1. The Morgan fingerprint density at radius 3 is 2.64 bits per heavy atom. The zero-order valence-corrected chi connectivity index (χ0v) is 12.5. The van der Waals surface area contributed by atoms with E-state index in [1.165, 1.54) is 25.7 Å². The van der Waals surface area contributed by atoms with Crippen LogP contribution in [0.5, 0.6) is 0 Å². The lowest BCUT2D eigenvalue weighted by Crippen LogP contribution is -2.25. The SMILES string of the molecule is O=C(O)c1ccccc1-c1ccc(CNC2CCCC2)nc1. The molecule has 2 aromatic rings. The smallest absolute Gasteiger partial charge is 0.336 e. The Balaban J connectivity index is 1.72. The van der Waals surface area contributed by atoms with E-state index in [4.69, 9.17) is 0 Å².